The van der Waals surface area contributed by atoms with Gasteiger partial charge in [0.15, 0.2) is 5.78 Å². The lowest BCUT2D eigenvalue weighted by Crippen LogP contribution is -2.55. The fourth-order valence-corrected chi connectivity index (χ4v) is 9.10. The lowest BCUT2D eigenvalue weighted by molar-refractivity contribution is -0.150. The van der Waals surface area contributed by atoms with Crippen LogP contribution in [-0.2, 0) is 44.6 Å². The van der Waals surface area contributed by atoms with Gasteiger partial charge in [0.1, 0.15) is 6.04 Å². The number of esters is 1. The van der Waals surface area contributed by atoms with E-state index in [1.807, 2.05) is 51.2 Å². The fourth-order valence-electron chi connectivity index (χ4n) is 9.10. The second-order valence-electron chi connectivity index (χ2n) is 18.5. The van der Waals surface area contributed by atoms with Crippen LogP contribution in [0.25, 0.3) is 0 Å². The van der Waals surface area contributed by atoms with Gasteiger partial charge in [0.25, 0.3) is 0 Å². The Labute approximate surface area is 368 Å². The Morgan fingerprint density at radius 1 is 0.836 bits per heavy atom. The highest BCUT2D eigenvalue weighted by Gasteiger charge is 2.43. The van der Waals surface area contributed by atoms with Crippen LogP contribution >= 0.6 is 0 Å². The van der Waals surface area contributed by atoms with Crippen molar-refractivity contribution in [2.24, 2.45) is 29.6 Å². The topological polar surface area (TPSA) is 138 Å². The molecule has 0 unspecified atom stereocenters. The average Bonchev–Trinajstić information content (AvgIpc) is 3.71. The first kappa shape index (κ1) is 53.7. The van der Waals surface area contributed by atoms with E-state index >= 15 is 0 Å². The Morgan fingerprint density at radius 3 is 1.98 bits per heavy atom. The largest absolute Gasteiger partial charge is 0.467 e. The van der Waals surface area contributed by atoms with Gasteiger partial charge in [-0.15, -0.1) is 0 Å². The van der Waals surface area contributed by atoms with Gasteiger partial charge in [0.05, 0.1) is 49.8 Å². The second-order valence-corrected chi connectivity index (χ2v) is 18.5. The van der Waals surface area contributed by atoms with Crippen molar-refractivity contribution in [1.29, 1.82) is 0 Å². The molecule has 0 aliphatic carbocycles. The molecule has 1 aliphatic rings. The first-order valence-corrected chi connectivity index (χ1v) is 22.7. The number of nitrogens with one attached hydrogen (secondary N) is 1. The van der Waals surface area contributed by atoms with E-state index in [9.17, 15) is 24.0 Å². The van der Waals surface area contributed by atoms with Crippen LogP contribution in [0.1, 0.15) is 106 Å². The summed E-state index contributed by atoms with van der Waals surface area (Å²) in [7, 11) is 10.3. The molecular weight excluding hydrogens is 775 g/mol. The molecule has 61 heavy (non-hydrogen) atoms. The number of rotatable bonds is 27. The number of benzene rings is 1. The van der Waals surface area contributed by atoms with Gasteiger partial charge in [-0.2, -0.15) is 0 Å². The molecule has 1 fully saturated rings. The zero-order valence-electron chi connectivity index (χ0n) is 40.4. The predicted octanol–water partition coefficient (Wildman–Crippen LogP) is 5.73. The first-order valence-electron chi connectivity index (χ1n) is 22.7. The molecule has 3 amide bonds. The summed E-state index contributed by atoms with van der Waals surface area (Å²) in [6.07, 6.45) is 2.22. The fraction of sp³-hybridized carbons (Fsp3) is 0.771. The van der Waals surface area contributed by atoms with Crippen LogP contribution in [0.3, 0.4) is 0 Å². The molecule has 1 aliphatic heterocycles. The molecule has 13 heteroatoms. The molecular formula is C48H83N5O8. The van der Waals surface area contributed by atoms with Crippen molar-refractivity contribution >= 4 is 29.5 Å². The van der Waals surface area contributed by atoms with Gasteiger partial charge in [-0.05, 0) is 83.6 Å². The predicted molar refractivity (Wildman–Crippen MR) is 242 cm³/mol. The van der Waals surface area contributed by atoms with E-state index in [4.69, 9.17) is 14.2 Å². The highest BCUT2D eigenvalue weighted by atomic mass is 16.5. The average molecular weight is 858 g/mol. The van der Waals surface area contributed by atoms with Crippen LogP contribution in [-0.4, -0.2) is 154 Å². The standard InChI is InChI=1S/C48H83N5O8/c1-16-34(8)44(52(12)47(57)37(31(2)3)29-40(54)43(32(4)5)51(11)26-21-25-50(10)33(6)7)41(59-13)30-42(55)53-27-20-24-39(53)45(60-14)35(9)46(56)49-38(48(58)61-15)28-36-22-18-17-19-23-36/h17-19,22-23,31-35,37-39,41,43-45H,16,20-21,24-30H2,1-15H3,(H,49,56)/t34-,35+,37-,38-,39-,41+,43-,44-,45+/m0/s1. The lowest BCUT2D eigenvalue weighted by atomic mass is 9.83. The maximum Gasteiger partial charge on any atom is 0.328 e. The zero-order valence-corrected chi connectivity index (χ0v) is 40.4. The van der Waals surface area contributed by atoms with Gasteiger partial charge in [-0.25, -0.2) is 4.79 Å². The molecule has 2 rings (SSSR count). The van der Waals surface area contributed by atoms with Crippen molar-refractivity contribution in [3.8, 4) is 0 Å². The summed E-state index contributed by atoms with van der Waals surface area (Å²) in [5.74, 6) is -2.37. The van der Waals surface area contributed by atoms with E-state index in [0.717, 1.165) is 37.9 Å². The third kappa shape index (κ3) is 15.4. The third-order valence-corrected chi connectivity index (χ3v) is 13.2. The zero-order chi connectivity index (χ0) is 46.1. The molecule has 0 aromatic heterocycles. The molecule has 348 valence electrons. The van der Waals surface area contributed by atoms with Crippen molar-refractivity contribution < 1.29 is 38.2 Å². The smallest absolute Gasteiger partial charge is 0.328 e. The highest BCUT2D eigenvalue weighted by molar-refractivity contribution is 5.90. The van der Waals surface area contributed by atoms with E-state index in [2.05, 4.69) is 63.7 Å². The van der Waals surface area contributed by atoms with Crippen LogP contribution in [0.4, 0.5) is 0 Å². The monoisotopic (exact) mass is 858 g/mol. The van der Waals surface area contributed by atoms with Crippen LogP contribution in [0, 0.1) is 29.6 Å². The summed E-state index contributed by atoms with van der Waals surface area (Å²) < 4.78 is 17.1. The number of Topliss-reactive ketones (excluding diaryl/α,β-unsaturated/α-hetero) is 1. The molecule has 0 spiro atoms. The van der Waals surface area contributed by atoms with E-state index in [1.165, 1.54) is 7.11 Å². The summed E-state index contributed by atoms with van der Waals surface area (Å²) in [6.45, 7) is 20.6. The van der Waals surface area contributed by atoms with Gasteiger partial charge in [0, 0.05) is 52.6 Å². The number of ketones is 1. The van der Waals surface area contributed by atoms with E-state index in [1.54, 1.807) is 38.0 Å². The molecule has 9 atom stereocenters. The van der Waals surface area contributed by atoms with Gasteiger partial charge >= 0.3 is 5.97 Å². The third-order valence-electron chi connectivity index (χ3n) is 13.2. The summed E-state index contributed by atoms with van der Waals surface area (Å²) in [4.78, 5) is 77.5. The first-order chi connectivity index (χ1) is 28.7. The number of likely N-dealkylation sites (tertiary alicyclic amines) is 1. The van der Waals surface area contributed by atoms with Crippen LogP contribution in [0.5, 0.6) is 0 Å². The minimum atomic E-state index is -0.890. The second kappa shape index (κ2) is 26.3. The van der Waals surface area contributed by atoms with Crippen LogP contribution in [0.15, 0.2) is 30.3 Å². The number of carbonyl (C=O) groups excluding carboxylic acids is 5. The Kier molecular flexibility index (Phi) is 23.2. The molecule has 1 aromatic carbocycles. The minimum Gasteiger partial charge on any atom is -0.467 e. The molecule has 1 heterocycles. The van der Waals surface area contributed by atoms with Crippen molar-refractivity contribution in [2.45, 2.75) is 150 Å². The molecule has 1 aromatic rings. The minimum absolute atomic E-state index is 0.0165. The number of amides is 3. The van der Waals surface area contributed by atoms with Crippen molar-refractivity contribution in [2.75, 3.05) is 62.1 Å². The SMILES string of the molecule is CC[C@H](C)[C@@H]([C@@H](CC(=O)N1CCC[C@H]1[C@H](OC)[C@@H](C)C(=O)N[C@@H](Cc1ccccc1)C(=O)OC)OC)N(C)C(=O)[C@@H](CC(=O)[C@H](C(C)C)N(C)CCCN(C)C(C)C)C(C)C. The molecule has 0 bridgehead atoms. The maximum absolute atomic E-state index is 14.6. The molecule has 1 N–H and O–H groups in total. The molecule has 1 saturated heterocycles. The van der Waals surface area contributed by atoms with E-state index < -0.39 is 42.1 Å². The van der Waals surface area contributed by atoms with Crippen molar-refractivity contribution in [3.05, 3.63) is 35.9 Å². The van der Waals surface area contributed by atoms with Gasteiger partial charge in [-0.3, -0.25) is 24.1 Å². The summed E-state index contributed by atoms with van der Waals surface area (Å²) >= 11 is 0. The Balaban J connectivity index is 2.27. The Hall–Kier alpha value is -3.39. The summed E-state index contributed by atoms with van der Waals surface area (Å²) in [6, 6.07) is 7.85. The molecule has 0 radical (unpaired) electrons. The number of ether oxygens (including phenoxy) is 3. The molecule has 0 saturated carbocycles. The maximum atomic E-state index is 14.6. The quantitative estimate of drug-likeness (QED) is 0.109. The Morgan fingerprint density at radius 2 is 1.46 bits per heavy atom. The normalized spacial score (nSPS) is 18.5. The number of nitrogens with zero attached hydrogens (tertiary/aromatic N) is 4. The van der Waals surface area contributed by atoms with Gasteiger partial charge < -0.3 is 34.2 Å². The highest BCUT2D eigenvalue weighted by Crippen LogP contribution is 2.31. The number of hydrogen-bond donors (Lipinski definition) is 1. The van der Waals surface area contributed by atoms with Crippen molar-refractivity contribution in [3.63, 3.8) is 0 Å². The lowest BCUT2D eigenvalue weighted by Gasteiger charge is -2.41. The summed E-state index contributed by atoms with van der Waals surface area (Å²) in [5.41, 5.74) is 0.880. The Bertz CT molecular complexity index is 1510. The van der Waals surface area contributed by atoms with Crippen molar-refractivity contribution in [1.82, 2.24) is 24.9 Å². The van der Waals surface area contributed by atoms with Gasteiger partial charge in [-0.1, -0.05) is 85.2 Å². The molecule has 13 nitrogen and oxygen atoms in total. The number of methoxy groups -OCH3 is 3. The van der Waals surface area contributed by atoms with Crippen LogP contribution < -0.4 is 5.32 Å². The number of likely N-dealkylation sites (N-methyl/N-ethyl adjacent to an activating group) is 2. The number of hydrogen-bond acceptors (Lipinski definition) is 10. The van der Waals surface area contributed by atoms with Gasteiger partial charge in [0.2, 0.25) is 17.7 Å². The van der Waals surface area contributed by atoms with E-state index in [-0.39, 0.29) is 72.6 Å². The van der Waals surface area contributed by atoms with E-state index in [0.29, 0.717) is 19.0 Å². The summed E-state index contributed by atoms with van der Waals surface area (Å²) in [5, 5.41) is 2.88. The van der Waals surface area contributed by atoms with Crippen LogP contribution in [0.2, 0.25) is 0 Å². The number of carbonyl (C=O) groups is 5.